The van der Waals surface area contributed by atoms with Crippen molar-refractivity contribution in [2.45, 2.75) is 19.1 Å². The molecular formula is C11H13FO2. The number of hydrogen-bond donors (Lipinski definition) is 0. The quantitative estimate of drug-likeness (QED) is 0.689. The van der Waals surface area contributed by atoms with Gasteiger partial charge in [0.05, 0.1) is 19.3 Å². The zero-order chi connectivity index (χ0) is 9.97. The van der Waals surface area contributed by atoms with Crippen LogP contribution in [0.3, 0.4) is 0 Å². The Hall–Kier alpha value is -0.930. The van der Waals surface area contributed by atoms with E-state index in [1.807, 2.05) is 13.0 Å². The van der Waals surface area contributed by atoms with Crippen LogP contribution < -0.4 is 0 Å². The Labute approximate surface area is 82.6 Å². The van der Waals surface area contributed by atoms with Gasteiger partial charge in [-0.1, -0.05) is 18.2 Å². The number of ether oxygens (including phenoxy) is 2. The summed E-state index contributed by atoms with van der Waals surface area (Å²) in [5.41, 5.74) is 0.605. The maximum atomic E-state index is 13.3. The van der Waals surface area contributed by atoms with Crippen molar-refractivity contribution in [2.24, 2.45) is 0 Å². The van der Waals surface area contributed by atoms with Crippen LogP contribution >= 0.6 is 0 Å². The van der Waals surface area contributed by atoms with Crippen LogP contribution in [0, 0.1) is 5.82 Å². The fourth-order valence-electron chi connectivity index (χ4n) is 1.31. The Morgan fingerprint density at radius 1 is 1.57 bits per heavy atom. The van der Waals surface area contributed by atoms with E-state index in [-0.39, 0.29) is 18.0 Å². The monoisotopic (exact) mass is 196 g/mol. The van der Waals surface area contributed by atoms with Crippen molar-refractivity contribution >= 4 is 0 Å². The molecular weight excluding hydrogens is 183 g/mol. The molecule has 0 saturated carbocycles. The number of halogens is 1. The summed E-state index contributed by atoms with van der Waals surface area (Å²) in [6.45, 7) is 3.17. The van der Waals surface area contributed by atoms with Gasteiger partial charge in [-0.25, -0.2) is 4.39 Å². The van der Waals surface area contributed by atoms with Gasteiger partial charge in [0.15, 0.2) is 0 Å². The van der Waals surface area contributed by atoms with E-state index in [0.29, 0.717) is 12.2 Å². The van der Waals surface area contributed by atoms with Gasteiger partial charge in [0.2, 0.25) is 0 Å². The summed E-state index contributed by atoms with van der Waals surface area (Å²) in [5.74, 6) is -0.211. The lowest BCUT2D eigenvalue weighted by atomic mass is 10.1. The smallest absolute Gasteiger partial charge is 0.128 e. The predicted molar refractivity (Wildman–Crippen MR) is 50.5 cm³/mol. The molecule has 0 amide bonds. The summed E-state index contributed by atoms with van der Waals surface area (Å²) in [4.78, 5) is 0. The van der Waals surface area contributed by atoms with E-state index in [9.17, 15) is 4.39 Å². The summed E-state index contributed by atoms with van der Waals surface area (Å²) in [6.07, 6.45) is 0.0182. The SMILES string of the molecule is C[C@@H](OC[C@H]1CO1)c1ccccc1F. The zero-order valence-electron chi connectivity index (χ0n) is 8.07. The van der Waals surface area contributed by atoms with Crippen molar-refractivity contribution in [3.8, 4) is 0 Å². The lowest BCUT2D eigenvalue weighted by Gasteiger charge is -2.12. The van der Waals surface area contributed by atoms with Gasteiger partial charge in [-0.05, 0) is 13.0 Å². The molecule has 0 unspecified atom stereocenters. The molecule has 0 aromatic heterocycles. The van der Waals surface area contributed by atoms with E-state index in [4.69, 9.17) is 9.47 Å². The molecule has 14 heavy (non-hydrogen) atoms. The average molecular weight is 196 g/mol. The molecule has 0 radical (unpaired) electrons. The van der Waals surface area contributed by atoms with Crippen molar-refractivity contribution in [3.63, 3.8) is 0 Å². The van der Waals surface area contributed by atoms with Crippen molar-refractivity contribution in [3.05, 3.63) is 35.6 Å². The second-order valence-corrected chi connectivity index (χ2v) is 3.45. The van der Waals surface area contributed by atoms with Crippen molar-refractivity contribution in [1.29, 1.82) is 0 Å². The van der Waals surface area contributed by atoms with Gasteiger partial charge < -0.3 is 9.47 Å². The predicted octanol–water partition coefficient (Wildman–Crippen LogP) is 2.30. The van der Waals surface area contributed by atoms with E-state index in [1.165, 1.54) is 6.07 Å². The van der Waals surface area contributed by atoms with E-state index in [2.05, 4.69) is 0 Å². The largest absolute Gasteiger partial charge is 0.371 e. The first-order valence-corrected chi connectivity index (χ1v) is 4.75. The van der Waals surface area contributed by atoms with Crippen molar-refractivity contribution in [1.82, 2.24) is 0 Å². The average Bonchev–Trinajstić information content (AvgIpc) is 2.98. The van der Waals surface area contributed by atoms with Gasteiger partial charge in [-0.2, -0.15) is 0 Å². The first-order chi connectivity index (χ1) is 6.77. The molecule has 2 nitrogen and oxygen atoms in total. The Kier molecular flexibility index (Phi) is 2.79. The number of benzene rings is 1. The molecule has 0 aliphatic carbocycles. The standard InChI is InChI=1S/C11H13FO2/c1-8(13-6-9-7-14-9)10-4-2-3-5-11(10)12/h2-5,8-9H,6-7H2,1H3/t8-,9+/m1/s1. The minimum atomic E-state index is -0.211. The Morgan fingerprint density at radius 3 is 2.93 bits per heavy atom. The van der Waals surface area contributed by atoms with Crippen molar-refractivity contribution in [2.75, 3.05) is 13.2 Å². The normalized spacial score (nSPS) is 22.0. The number of epoxide rings is 1. The van der Waals surface area contributed by atoms with Crippen LogP contribution in [0.2, 0.25) is 0 Å². The molecule has 3 heteroatoms. The number of rotatable bonds is 4. The van der Waals surface area contributed by atoms with Gasteiger partial charge >= 0.3 is 0 Å². The third kappa shape index (κ3) is 2.30. The zero-order valence-corrected chi connectivity index (χ0v) is 8.07. The second kappa shape index (κ2) is 4.07. The van der Waals surface area contributed by atoms with E-state index >= 15 is 0 Å². The highest BCUT2D eigenvalue weighted by Crippen LogP contribution is 2.21. The summed E-state index contributed by atoms with van der Waals surface area (Å²) in [7, 11) is 0. The molecule has 2 atom stereocenters. The Balaban J connectivity index is 1.95. The van der Waals surface area contributed by atoms with Crippen LogP contribution in [0.15, 0.2) is 24.3 Å². The van der Waals surface area contributed by atoms with Crippen LogP contribution in [0.1, 0.15) is 18.6 Å². The summed E-state index contributed by atoms with van der Waals surface area (Å²) in [5, 5.41) is 0. The molecule has 1 saturated heterocycles. The minimum Gasteiger partial charge on any atom is -0.371 e. The summed E-state index contributed by atoms with van der Waals surface area (Å²) < 4.78 is 23.7. The fraction of sp³-hybridized carbons (Fsp3) is 0.455. The molecule has 1 aromatic carbocycles. The van der Waals surface area contributed by atoms with E-state index in [1.54, 1.807) is 12.1 Å². The third-order valence-electron chi connectivity index (χ3n) is 2.28. The highest BCUT2D eigenvalue weighted by Gasteiger charge is 2.24. The third-order valence-corrected chi connectivity index (χ3v) is 2.28. The van der Waals surface area contributed by atoms with Crippen LogP contribution in [0.25, 0.3) is 0 Å². The van der Waals surface area contributed by atoms with Crippen LogP contribution in [-0.4, -0.2) is 19.3 Å². The molecule has 1 aliphatic heterocycles. The first-order valence-electron chi connectivity index (χ1n) is 4.75. The molecule has 0 N–H and O–H groups in total. The molecule has 1 fully saturated rings. The second-order valence-electron chi connectivity index (χ2n) is 3.45. The number of hydrogen-bond acceptors (Lipinski definition) is 2. The fourth-order valence-corrected chi connectivity index (χ4v) is 1.31. The lowest BCUT2D eigenvalue weighted by Crippen LogP contribution is -2.07. The summed E-state index contributed by atoms with van der Waals surface area (Å²) in [6, 6.07) is 6.68. The first kappa shape index (κ1) is 9.62. The molecule has 76 valence electrons. The van der Waals surface area contributed by atoms with Gasteiger partial charge in [-0.3, -0.25) is 0 Å². The van der Waals surface area contributed by atoms with Gasteiger partial charge in [0.25, 0.3) is 0 Å². The van der Waals surface area contributed by atoms with Crippen LogP contribution in [-0.2, 0) is 9.47 Å². The molecule has 1 aliphatic rings. The lowest BCUT2D eigenvalue weighted by molar-refractivity contribution is 0.0518. The Morgan fingerprint density at radius 2 is 2.29 bits per heavy atom. The molecule has 2 rings (SSSR count). The molecule has 0 bridgehead atoms. The molecule has 0 spiro atoms. The van der Waals surface area contributed by atoms with Gasteiger partial charge in [0, 0.05) is 5.56 Å². The maximum Gasteiger partial charge on any atom is 0.128 e. The van der Waals surface area contributed by atoms with Crippen molar-refractivity contribution < 1.29 is 13.9 Å². The summed E-state index contributed by atoms with van der Waals surface area (Å²) >= 11 is 0. The maximum absolute atomic E-state index is 13.3. The Bertz CT molecular complexity index is 310. The minimum absolute atomic E-state index is 0.208. The highest BCUT2D eigenvalue weighted by atomic mass is 19.1. The van der Waals surface area contributed by atoms with Gasteiger partial charge in [0.1, 0.15) is 11.9 Å². The topological polar surface area (TPSA) is 21.8 Å². The van der Waals surface area contributed by atoms with Crippen LogP contribution in [0.4, 0.5) is 4.39 Å². The van der Waals surface area contributed by atoms with Crippen LogP contribution in [0.5, 0.6) is 0 Å². The highest BCUT2D eigenvalue weighted by molar-refractivity contribution is 5.19. The molecule has 1 heterocycles. The molecule has 1 aromatic rings. The van der Waals surface area contributed by atoms with E-state index < -0.39 is 0 Å². The van der Waals surface area contributed by atoms with E-state index in [0.717, 1.165) is 6.61 Å². The van der Waals surface area contributed by atoms with Gasteiger partial charge in [-0.15, -0.1) is 0 Å².